The molecule has 0 atom stereocenters. The molecule has 0 aliphatic rings. The first-order valence-electron chi connectivity index (χ1n) is 5.36. The van der Waals surface area contributed by atoms with Crippen LogP contribution in [0.2, 0.25) is 0 Å². The zero-order valence-corrected chi connectivity index (χ0v) is 9.89. The molecule has 0 aliphatic carbocycles. The summed E-state index contributed by atoms with van der Waals surface area (Å²) in [5, 5.41) is 8.87. The fourth-order valence-corrected chi connectivity index (χ4v) is 1.39. The van der Waals surface area contributed by atoms with Gasteiger partial charge in [0, 0.05) is 6.20 Å². The van der Waals surface area contributed by atoms with Gasteiger partial charge in [0.15, 0.2) is 5.75 Å². The molecule has 0 spiro atoms. The van der Waals surface area contributed by atoms with Crippen LogP contribution >= 0.6 is 0 Å². The van der Waals surface area contributed by atoms with Gasteiger partial charge in [0.05, 0.1) is 11.8 Å². The van der Waals surface area contributed by atoms with Crippen molar-refractivity contribution in [1.29, 1.82) is 5.26 Å². The summed E-state index contributed by atoms with van der Waals surface area (Å²) in [6.07, 6.45) is -1.95. The van der Waals surface area contributed by atoms with Crippen molar-refractivity contribution < 1.29 is 22.6 Å². The van der Waals surface area contributed by atoms with Gasteiger partial charge in [-0.25, -0.2) is 0 Å². The van der Waals surface area contributed by atoms with Crippen LogP contribution in [0.3, 0.4) is 0 Å². The second-order valence-electron chi connectivity index (χ2n) is 3.60. The molecule has 0 saturated carbocycles. The fourth-order valence-electron chi connectivity index (χ4n) is 1.39. The average molecular weight is 280 g/mol. The van der Waals surface area contributed by atoms with Crippen LogP contribution < -0.4 is 9.47 Å². The molecule has 4 nitrogen and oxygen atoms in total. The van der Waals surface area contributed by atoms with Gasteiger partial charge in [0.25, 0.3) is 0 Å². The highest BCUT2D eigenvalue weighted by molar-refractivity contribution is 5.43. The third-order valence-electron chi connectivity index (χ3n) is 2.19. The van der Waals surface area contributed by atoms with Gasteiger partial charge in [-0.3, -0.25) is 4.98 Å². The van der Waals surface area contributed by atoms with Crippen molar-refractivity contribution in [2.75, 3.05) is 0 Å². The summed E-state index contributed by atoms with van der Waals surface area (Å²) in [6.45, 7) is 0. The van der Waals surface area contributed by atoms with E-state index in [9.17, 15) is 13.2 Å². The lowest BCUT2D eigenvalue weighted by molar-refractivity contribution is -0.274. The van der Waals surface area contributed by atoms with E-state index < -0.39 is 6.36 Å². The van der Waals surface area contributed by atoms with Crippen molar-refractivity contribution in [3.8, 4) is 23.3 Å². The molecule has 0 fully saturated rings. The van der Waals surface area contributed by atoms with Crippen molar-refractivity contribution in [2.45, 2.75) is 6.36 Å². The lowest BCUT2D eigenvalue weighted by Crippen LogP contribution is -2.16. The van der Waals surface area contributed by atoms with E-state index in [1.165, 1.54) is 30.6 Å². The predicted octanol–water partition coefficient (Wildman–Crippen LogP) is 3.64. The number of pyridine rings is 1. The number of halogens is 3. The van der Waals surface area contributed by atoms with E-state index in [1.807, 2.05) is 6.07 Å². The maximum atomic E-state index is 12.0. The first-order chi connectivity index (χ1) is 9.48. The highest BCUT2D eigenvalue weighted by atomic mass is 19.4. The first kappa shape index (κ1) is 13.7. The molecule has 0 unspecified atom stereocenters. The van der Waals surface area contributed by atoms with E-state index >= 15 is 0 Å². The van der Waals surface area contributed by atoms with Gasteiger partial charge in [-0.05, 0) is 30.3 Å². The number of nitrogens with zero attached hydrogens (tertiary/aromatic N) is 2. The van der Waals surface area contributed by atoms with Crippen LogP contribution in [0.15, 0.2) is 42.7 Å². The Hall–Kier alpha value is -2.75. The number of aromatic nitrogens is 1. The lowest BCUT2D eigenvalue weighted by atomic mass is 10.2. The van der Waals surface area contributed by atoms with Gasteiger partial charge >= 0.3 is 6.36 Å². The van der Waals surface area contributed by atoms with Gasteiger partial charge < -0.3 is 9.47 Å². The van der Waals surface area contributed by atoms with Crippen molar-refractivity contribution >= 4 is 0 Å². The molecule has 0 amide bonds. The normalized spacial score (nSPS) is 10.7. The van der Waals surface area contributed by atoms with Gasteiger partial charge in [-0.2, -0.15) is 5.26 Å². The van der Waals surface area contributed by atoms with Gasteiger partial charge in [0.1, 0.15) is 17.6 Å². The molecule has 102 valence electrons. The molecule has 2 rings (SSSR count). The monoisotopic (exact) mass is 280 g/mol. The number of nitriles is 1. The third kappa shape index (κ3) is 3.62. The van der Waals surface area contributed by atoms with Gasteiger partial charge in [-0.1, -0.05) is 0 Å². The average Bonchev–Trinajstić information content (AvgIpc) is 2.40. The zero-order chi connectivity index (χ0) is 14.6. The molecule has 7 heteroatoms. The van der Waals surface area contributed by atoms with Crippen LogP contribution in [-0.2, 0) is 0 Å². The molecular formula is C13H7F3N2O2. The number of hydrogen-bond acceptors (Lipinski definition) is 4. The van der Waals surface area contributed by atoms with Gasteiger partial charge in [0.2, 0.25) is 0 Å². The van der Waals surface area contributed by atoms with Crippen LogP contribution in [0.25, 0.3) is 0 Å². The van der Waals surface area contributed by atoms with Crippen LogP contribution in [0.4, 0.5) is 13.2 Å². The second kappa shape index (κ2) is 5.48. The van der Waals surface area contributed by atoms with E-state index in [-0.39, 0.29) is 22.8 Å². The molecule has 1 aromatic heterocycles. The molecule has 2 aromatic rings. The fraction of sp³-hybridized carbons (Fsp3) is 0.0769. The maximum absolute atomic E-state index is 12.0. The van der Waals surface area contributed by atoms with Crippen LogP contribution in [0.5, 0.6) is 17.2 Å². The van der Waals surface area contributed by atoms with Crippen molar-refractivity contribution in [3.63, 3.8) is 0 Å². The lowest BCUT2D eigenvalue weighted by Gasteiger charge is -2.10. The highest BCUT2D eigenvalue weighted by Gasteiger charge is 2.30. The standard InChI is InChI=1S/C13H7F3N2O2/c14-13(15,16)20-11-3-1-10(2-4-11)19-12-8-18-6-5-9(12)7-17/h1-6,8H. The number of rotatable bonds is 3. The predicted molar refractivity (Wildman–Crippen MR) is 62.2 cm³/mol. The molecule has 20 heavy (non-hydrogen) atoms. The Kier molecular flexibility index (Phi) is 3.75. The smallest absolute Gasteiger partial charge is 0.454 e. The summed E-state index contributed by atoms with van der Waals surface area (Å²) in [7, 11) is 0. The minimum absolute atomic E-state index is 0.222. The van der Waals surface area contributed by atoms with Crippen LogP contribution in [0, 0.1) is 11.3 Å². The van der Waals surface area contributed by atoms with Gasteiger partial charge in [-0.15, -0.1) is 13.2 Å². The summed E-state index contributed by atoms with van der Waals surface area (Å²) >= 11 is 0. The maximum Gasteiger partial charge on any atom is 0.573 e. The molecule has 0 bridgehead atoms. The van der Waals surface area contributed by atoms with E-state index in [4.69, 9.17) is 10.00 Å². The number of benzene rings is 1. The summed E-state index contributed by atoms with van der Waals surface area (Å²) in [6, 6.07) is 8.22. The molecular weight excluding hydrogens is 273 g/mol. The first-order valence-corrected chi connectivity index (χ1v) is 5.36. The Morgan fingerprint density at radius 3 is 2.30 bits per heavy atom. The molecule has 1 aromatic carbocycles. The minimum Gasteiger partial charge on any atom is -0.454 e. The molecule has 0 N–H and O–H groups in total. The highest BCUT2D eigenvalue weighted by Crippen LogP contribution is 2.28. The quantitative estimate of drug-likeness (QED) is 0.861. The SMILES string of the molecule is N#Cc1ccncc1Oc1ccc(OC(F)(F)F)cc1. The Bertz CT molecular complexity index is 633. The Morgan fingerprint density at radius 1 is 1.05 bits per heavy atom. The Balaban J connectivity index is 2.13. The number of ether oxygens (including phenoxy) is 2. The zero-order valence-electron chi connectivity index (χ0n) is 9.89. The van der Waals surface area contributed by atoms with Crippen LogP contribution in [-0.4, -0.2) is 11.3 Å². The molecule has 1 heterocycles. The van der Waals surface area contributed by atoms with E-state index in [0.29, 0.717) is 0 Å². The summed E-state index contributed by atoms with van der Waals surface area (Å²) in [4.78, 5) is 3.81. The largest absolute Gasteiger partial charge is 0.573 e. The Morgan fingerprint density at radius 2 is 1.70 bits per heavy atom. The summed E-state index contributed by atoms with van der Waals surface area (Å²) in [5.74, 6) is 0.139. The number of alkyl halides is 3. The van der Waals surface area contributed by atoms with E-state index in [1.54, 1.807) is 0 Å². The van der Waals surface area contributed by atoms with Crippen molar-refractivity contribution in [1.82, 2.24) is 4.98 Å². The Labute approximate surface area is 112 Å². The van der Waals surface area contributed by atoms with Crippen LogP contribution in [0.1, 0.15) is 5.56 Å². The third-order valence-corrected chi connectivity index (χ3v) is 2.19. The minimum atomic E-state index is -4.74. The number of hydrogen-bond donors (Lipinski definition) is 0. The van der Waals surface area contributed by atoms with Crippen molar-refractivity contribution in [3.05, 3.63) is 48.3 Å². The van der Waals surface area contributed by atoms with Crippen molar-refractivity contribution in [2.24, 2.45) is 0 Å². The summed E-state index contributed by atoms with van der Waals surface area (Å²) in [5.41, 5.74) is 0.274. The molecule has 0 saturated heterocycles. The topological polar surface area (TPSA) is 55.1 Å². The van der Waals surface area contributed by atoms with E-state index in [2.05, 4.69) is 9.72 Å². The second-order valence-corrected chi connectivity index (χ2v) is 3.60. The molecule has 0 radical (unpaired) electrons. The van der Waals surface area contributed by atoms with E-state index in [0.717, 1.165) is 12.1 Å². The molecule has 0 aliphatic heterocycles. The summed E-state index contributed by atoms with van der Waals surface area (Å²) < 4.78 is 45.1.